The predicted octanol–water partition coefficient (Wildman–Crippen LogP) is 5.06. The molecule has 1 fully saturated rings. The van der Waals surface area contributed by atoms with E-state index in [1.165, 1.54) is 11.8 Å². The van der Waals surface area contributed by atoms with Crippen molar-refractivity contribution >= 4 is 35.1 Å². The zero-order chi connectivity index (χ0) is 23.0. The number of para-hydroxylation sites is 1. The zero-order valence-corrected chi connectivity index (χ0v) is 18.8. The van der Waals surface area contributed by atoms with Crippen LogP contribution >= 0.6 is 11.6 Å². The summed E-state index contributed by atoms with van der Waals surface area (Å²) in [5.74, 6) is 0.255. The number of nitrogens with zero attached hydrogens (tertiary/aromatic N) is 2. The van der Waals surface area contributed by atoms with Crippen LogP contribution in [0.25, 0.3) is 0 Å². The minimum Gasteiger partial charge on any atom is -0.449 e. The minimum absolute atomic E-state index is 0.286. The summed E-state index contributed by atoms with van der Waals surface area (Å²) in [7, 11) is 0. The summed E-state index contributed by atoms with van der Waals surface area (Å²) < 4.78 is 5.46. The summed E-state index contributed by atoms with van der Waals surface area (Å²) in [6.07, 6.45) is 1.84. The van der Waals surface area contributed by atoms with Gasteiger partial charge in [-0.25, -0.2) is 9.78 Å². The van der Waals surface area contributed by atoms with Gasteiger partial charge in [0.1, 0.15) is 5.82 Å². The molecule has 1 aliphatic rings. The number of ether oxygens (including phenoxy) is 1. The number of pyridine rings is 1. The first kappa shape index (κ1) is 22.8. The molecule has 0 spiro atoms. The van der Waals surface area contributed by atoms with Crippen molar-refractivity contribution in [3.05, 3.63) is 89.1 Å². The lowest BCUT2D eigenvalue weighted by Gasteiger charge is -2.16. The van der Waals surface area contributed by atoms with Crippen LogP contribution in [-0.4, -0.2) is 41.6 Å². The average molecular weight is 465 g/mol. The van der Waals surface area contributed by atoms with Gasteiger partial charge in [0.05, 0.1) is 22.9 Å². The molecule has 0 unspecified atom stereocenters. The first-order valence-electron chi connectivity index (χ1n) is 10.8. The molecule has 0 radical (unpaired) electrons. The Morgan fingerprint density at radius 2 is 1.82 bits per heavy atom. The topological polar surface area (TPSA) is 83.6 Å². The fourth-order valence-electron chi connectivity index (χ4n) is 3.80. The number of halogens is 1. The number of carbonyl (C=O) groups excluding carboxylic acids is 2. The summed E-state index contributed by atoms with van der Waals surface area (Å²) in [6, 6.07) is 20.3. The summed E-state index contributed by atoms with van der Waals surface area (Å²) in [5.41, 5.74) is 1.95. The molecule has 1 saturated heterocycles. The van der Waals surface area contributed by atoms with Gasteiger partial charge < -0.3 is 10.1 Å². The van der Waals surface area contributed by atoms with Gasteiger partial charge in [0.15, 0.2) is 0 Å². The van der Waals surface area contributed by atoms with Crippen LogP contribution in [0.3, 0.4) is 0 Å². The maximum Gasteiger partial charge on any atom is 0.411 e. The van der Waals surface area contributed by atoms with E-state index in [0.29, 0.717) is 28.7 Å². The molecule has 0 aliphatic carbocycles. The van der Waals surface area contributed by atoms with Crippen molar-refractivity contribution in [3.63, 3.8) is 0 Å². The molecular weight excluding hydrogens is 440 g/mol. The van der Waals surface area contributed by atoms with Gasteiger partial charge in [-0.15, -0.1) is 0 Å². The molecule has 170 valence electrons. The van der Waals surface area contributed by atoms with Crippen LogP contribution < -0.4 is 10.6 Å². The highest BCUT2D eigenvalue weighted by Gasteiger charge is 2.24. The highest BCUT2D eigenvalue weighted by Crippen LogP contribution is 2.21. The Kier molecular flexibility index (Phi) is 7.55. The number of likely N-dealkylation sites (tertiary alicyclic amines) is 1. The Labute approximate surface area is 197 Å². The fourth-order valence-corrected chi connectivity index (χ4v) is 3.91. The van der Waals surface area contributed by atoms with Crippen molar-refractivity contribution in [1.29, 1.82) is 0 Å². The number of hydrogen-bond acceptors (Lipinski definition) is 5. The van der Waals surface area contributed by atoms with Crippen molar-refractivity contribution in [2.45, 2.75) is 13.0 Å². The van der Waals surface area contributed by atoms with Crippen LogP contribution in [0.5, 0.6) is 0 Å². The van der Waals surface area contributed by atoms with Gasteiger partial charge in [-0.3, -0.25) is 15.0 Å². The molecule has 1 aromatic heterocycles. The number of amides is 2. The number of rotatable bonds is 7. The van der Waals surface area contributed by atoms with E-state index in [1.807, 2.05) is 18.2 Å². The van der Waals surface area contributed by atoms with E-state index in [-0.39, 0.29) is 5.92 Å². The monoisotopic (exact) mass is 464 g/mol. The third-order valence-electron chi connectivity index (χ3n) is 5.45. The maximum absolute atomic E-state index is 12.7. The third-order valence-corrected chi connectivity index (χ3v) is 5.67. The first-order chi connectivity index (χ1) is 16.1. The van der Waals surface area contributed by atoms with Gasteiger partial charge in [-0.1, -0.05) is 54.1 Å². The van der Waals surface area contributed by atoms with Gasteiger partial charge in [0, 0.05) is 25.2 Å². The Balaban J connectivity index is 1.27. The second-order valence-electron chi connectivity index (χ2n) is 7.96. The van der Waals surface area contributed by atoms with E-state index in [4.69, 9.17) is 16.3 Å². The number of benzene rings is 2. The first-order valence-corrected chi connectivity index (χ1v) is 11.2. The molecule has 4 rings (SSSR count). The molecule has 1 aliphatic heterocycles. The van der Waals surface area contributed by atoms with E-state index >= 15 is 0 Å². The second-order valence-corrected chi connectivity index (χ2v) is 8.40. The lowest BCUT2D eigenvalue weighted by molar-refractivity contribution is 0.102. The Morgan fingerprint density at radius 1 is 1.03 bits per heavy atom. The fraction of sp³-hybridized carbons (Fsp3) is 0.240. The Bertz CT molecular complexity index is 1090. The van der Waals surface area contributed by atoms with Crippen molar-refractivity contribution in [2.24, 2.45) is 5.92 Å². The van der Waals surface area contributed by atoms with E-state index in [0.717, 1.165) is 26.1 Å². The summed E-state index contributed by atoms with van der Waals surface area (Å²) in [4.78, 5) is 31.5. The van der Waals surface area contributed by atoms with Crippen molar-refractivity contribution in [2.75, 3.05) is 30.3 Å². The Hall–Kier alpha value is -3.42. The van der Waals surface area contributed by atoms with Crippen molar-refractivity contribution in [1.82, 2.24) is 9.88 Å². The van der Waals surface area contributed by atoms with Crippen molar-refractivity contribution < 1.29 is 14.3 Å². The molecule has 8 heteroatoms. The standard InChI is InChI=1S/C25H25ClN4O3/c26-20-10-11-23(27-14-20)29-24(31)21-8-4-5-9-22(21)28-25(32)33-17-19-12-13-30(16-19)15-18-6-2-1-3-7-18/h1-11,14,19H,12-13,15-17H2,(H,28,32)(H,27,29,31)/t19-/m0/s1. The van der Waals surface area contributed by atoms with Crippen LogP contribution in [0, 0.1) is 5.92 Å². The molecule has 0 bridgehead atoms. The summed E-state index contributed by atoms with van der Waals surface area (Å²) in [6.45, 7) is 3.09. The average Bonchev–Trinajstić information content (AvgIpc) is 3.27. The molecule has 1 atom stereocenters. The van der Waals surface area contributed by atoms with Crippen LogP contribution in [0.15, 0.2) is 72.9 Å². The highest BCUT2D eigenvalue weighted by molar-refractivity contribution is 6.30. The minimum atomic E-state index is -0.582. The van der Waals surface area contributed by atoms with Gasteiger partial charge in [0.25, 0.3) is 5.91 Å². The van der Waals surface area contributed by atoms with E-state index in [9.17, 15) is 9.59 Å². The van der Waals surface area contributed by atoms with Gasteiger partial charge in [0.2, 0.25) is 0 Å². The van der Waals surface area contributed by atoms with Crippen LogP contribution in [0.1, 0.15) is 22.3 Å². The molecular formula is C25H25ClN4O3. The predicted molar refractivity (Wildman–Crippen MR) is 128 cm³/mol. The van der Waals surface area contributed by atoms with Gasteiger partial charge >= 0.3 is 6.09 Å². The molecule has 2 aromatic carbocycles. The van der Waals surface area contributed by atoms with Gasteiger partial charge in [-0.05, 0) is 42.8 Å². The van der Waals surface area contributed by atoms with E-state index in [2.05, 4.69) is 32.7 Å². The Morgan fingerprint density at radius 3 is 2.61 bits per heavy atom. The van der Waals surface area contributed by atoms with E-state index in [1.54, 1.807) is 36.4 Å². The van der Waals surface area contributed by atoms with E-state index < -0.39 is 12.0 Å². The number of anilines is 2. The number of nitrogens with one attached hydrogen (secondary N) is 2. The number of hydrogen-bond donors (Lipinski definition) is 2. The summed E-state index contributed by atoms with van der Waals surface area (Å²) >= 11 is 5.83. The highest BCUT2D eigenvalue weighted by atomic mass is 35.5. The lowest BCUT2D eigenvalue weighted by Crippen LogP contribution is -2.24. The van der Waals surface area contributed by atoms with Crippen LogP contribution in [-0.2, 0) is 11.3 Å². The molecule has 2 N–H and O–H groups in total. The maximum atomic E-state index is 12.7. The van der Waals surface area contributed by atoms with Crippen LogP contribution in [0.2, 0.25) is 5.02 Å². The number of aromatic nitrogens is 1. The quantitative estimate of drug-likeness (QED) is 0.510. The largest absolute Gasteiger partial charge is 0.449 e. The third kappa shape index (κ3) is 6.54. The van der Waals surface area contributed by atoms with Crippen LogP contribution in [0.4, 0.5) is 16.3 Å². The van der Waals surface area contributed by atoms with Crippen molar-refractivity contribution in [3.8, 4) is 0 Å². The SMILES string of the molecule is O=C(Nc1ccccc1C(=O)Nc1ccc(Cl)cn1)OC[C@H]1CCN(Cc2ccccc2)C1. The molecule has 3 aromatic rings. The molecule has 33 heavy (non-hydrogen) atoms. The second kappa shape index (κ2) is 10.9. The smallest absolute Gasteiger partial charge is 0.411 e. The molecule has 2 amide bonds. The summed E-state index contributed by atoms with van der Waals surface area (Å²) in [5, 5.41) is 5.85. The molecule has 7 nitrogen and oxygen atoms in total. The van der Waals surface area contributed by atoms with Gasteiger partial charge in [-0.2, -0.15) is 0 Å². The zero-order valence-electron chi connectivity index (χ0n) is 18.0. The normalized spacial score (nSPS) is 15.7. The molecule has 2 heterocycles. The lowest BCUT2D eigenvalue weighted by atomic mass is 10.1. The number of carbonyl (C=O) groups is 2. The molecule has 0 saturated carbocycles.